The van der Waals surface area contributed by atoms with Gasteiger partial charge in [-0.15, -0.1) is 5.11 Å². The zero-order valence-electron chi connectivity index (χ0n) is 9.95. The van der Waals surface area contributed by atoms with Crippen molar-refractivity contribution in [3.8, 4) is 6.19 Å². The maximum Gasteiger partial charge on any atom is 0.255 e. The molecule has 19 heavy (non-hydrogen) atoms. The highest BCUT2D eigenvalue weighted by molar-refractivity contribution is 6.04. The molecule has 2 aromatic carbocycles. The number of carbonyl (C=O) groups excluding carboxylic acids is 1. The highest BCUT2D eigenvalue weighted by Crippen LogP contribution is 2.15. The second-order valence-corrected chi connectivity index (χ2v) is 3.67. The van der Waals surface area contributed by atoms with E-state index in [0.717, 1.165) is 5.69 Å². The van der Waals surface area contributed by atoms with Crippen molar-refractivity contribution < 1.29 is 4.79 Å². The summed E-state index contributed by atoms with van der Waals surface area (Å²) in [5.74, 6) is -0.199. The summed E-state index contributed by atoms with van der Waals surface area (Å²) in [6.07, 6.45) is 1.57. The summed E-state index contributed by atoms with van der Waals surface area (Å²) >= 11 is 0. The summed E-state index contributed by atoms with van der Waals surface area (Å²) in [5.41, 5.74) is 1.78. The van der Waals surface area contributed by atoms with Gasteiger partial charge in [0.15, 0.2) is 0 Å². The molecule has 0 saturated heterocycles. The highest BCUT2D eigenvalue weighted by Gasteiger charge is 2.05. The van der Waals surface area contributed by atoms with Crippen molar-refractivity contribution >= 4 is 17.3 Å². The summed E-state index contributed by atoms with van der Waals surface area (Å²) in [5, 5.41) is 17.9. The quantitative estimate of drug-likeness (QED) is 0.668. The molecule has 1 amide bonds. The lowest BCUT2D eigenvalue weighted by molar-refractivity contribution is 0.102. The van der Waals surface area contributed by atoms with E-state index in [1.165, 1.54) is 0 Å². The van der Waals surface area contributed by atoms with Crippen LogP contribution in [0.2, 0.25) is 0 Å². The highest BCUT2D eigenvalue weighted by atomic mass is 16.1. The van der Waals surface area contributed by atoms with Crippen LogP contribution in [0.4, 0.5) is 11.4 Å². The van der Waals surface area contributed by atoms with Gasteiger partial charge in [-0.3, -0.25) is 4.79 Å². The summed E-state index contributed by atoms with van der Waals surface area (Å²) in [4.78, 5) is 11.9. The Morgan fingerprint density at radius 1 is 1.05 bits per heavy atom. The fraction of sp³-hybridized carbons (Fsp3) is 0. The number of azo groups is 1. The van der Waals surface area contributed by atoms with Gasteiger partial charge in [0.2, 0.25) is 6.19 Å². The van der Waals surface area contributed by atoms with E-state index in [4.69, 9.17) is 5.26 Å². The third-order valence-corrected chi connectivity index (χ3v) is 2.37. The Morgan fingerprint density at radius 2 is 1.74 bits per heavy atom. The van der Waals surface area contributed by atoms with Crippen LogP contribution in [-0.4, -0.2) is 5.91 Å². The van der Waals surface area contributed by atoms with Crippen LogP contribution in [0.1, 0.15) is 10.4 Å². The van der Waals surface area contributed by atoms with Crippen LogP contribution in [0.25, 0.3) is 0 Å². The number of para-hydroxylation sites is 1. The van der Waals surface area contributed by atoms with Gasteiger partial charge in [0.1, 0.15) is 0 Å². The molecule has 2 rings (SSSR count). The molecule has 0 bridgehead atoms. The third-order valence-electron chi connectivity index (χ3n) is 2.37. The molecule has 5 nitrogen and oxygen atoms in total. The van der Waals surface area contributed by atoms with Gasteiger partial charge in [-0.25, -0.2) is 0 Å². The predicted octanol–water partition coefficient (Wildman–Crippen LogP) is 3.50. The number of rotatable bonds is 3. The first-order valence-corrected chi connectivity index (χ1v) is 5.56. The Labute approximate surface area is 110 Å². The number of anilines is 1. The van der Waals surface area contributed by atoms with Crippen LogP contribution < -0.4 is 5.32 Å². The van der Waals surface area contributed by atoms with Gasteiger partial charge in [-0.1, -0.05) is 23.3 Å². The summed E-state index contributed by atoms with van der Waals surface area (Å²) in [7, 11) is 0. The van der Waals surface area contributed by atoms with Gasteiger partial charge < -0.3 is 5.32 Å². The minimum Gasteiger partial charge on any atom is -0.322 e. The zero-order valence-corrected chi connectivity index (χ0v) is 9.95. The fourth-order valence-corrected chi connectivity index (χ4v) is 1.48. The van der Waals surface area contributed by atoms with Gasteiger partial charge in [-0.2, -0.15) is 5.26 Å². The van der Waals surface area contributed by atoms with E-state index in [9.17, 15) is 4.79 Å². The number of hydrogen-bond acceptors (Lipinski definition) is 4. The molecular formula is C14H10N4O. The van der Waals surface area contributed by atoms with Crippen molar-refractivity contribution in [2.45, 2.75) is 0 Å². The number of nitrogens with one attached hydrogen (secondary N) is 1. The Kier molecular flexibility index (Phi) is 3.98. The predicted molar refractivity (Wildman–Crippen MR) is 71.0 cm³/mol. The van der Waals surface area contributed by atoms with Crippen molar-refractivity contribution in [1.82, 2.24) is 0 Å². The first-order chi connectivity index (χ1) is 9.29. The summed E-state index contributed by atoms with van der Waals surface area (Å²) in [6, 6.07) is 15.7. The standard InChI is InChI=1S/C14H10N4O/c15-10-16-18-13-8-6-11(7-9-13)14(19)17-12-4-2-1-3-5-12/h1-9H,(H,17,19)/b18-16+. The molecule has 2 aromatic rings. The number of benzene rings is 2. The number of carbonyl (C=O) groups is 1. The minimum atomic E-state index is -0.199. The Hall–Kier alpha value is -3.00. The van der Waals surface area contributed by atoms with Crippen molar-refractivity contribution in [2.75, 3.05) is 5.32 Å². The monoisotopic (exact) mass is 250 g/mol. The first kappa shape index (κ1) is 12.5. The maximum atomic E-state index is 11.9. The Balaban J connectivity index is 2.08. The zero-order chi connectivity index (χ0) is 13.5. The molecule has 1 N–H and O–H groups in total. The number of hydrogen-bond donors (Lipinski definition) is 1. The largest absolute Gasteiger partial charge is 0.322 e. The second-order valence-electron chi connectivity index (χ2n) is 3.67. The van der Waals surface area contributed by atoms with Crippen LogP contribution >= 0.6 is 0 Å². The minimum absolute atomic E-state index is 0.199. The molecule has 0 atom stereocenters. The van der Waals surface area contributed by atoms with Crippen LogP contribution in [0, 0.1) is 11.5 Å². The van der Waals surface area contributed by atoms with Crippen LogP contribution in [0.5, 0.6) is 0 Å². The molecular weight excluding hydrogens is 240 g/mol. The number of nitrogens with zero attached hydrogens (tertiary/aromatic N) is 3. The molecule has 5 heteroatoms. The Morgan fingerprint density at radius 3 is 2.37 bits per heavy atom. The lowest BCUT2D eigenvalue weighted by Crippen LogP contribution is -2.11. The SMILES string of the molecule is N#C/N=N/c1ccc(C(=O)Nc2ccccc2)cc1. The van der Waals surface area contributed by atoms with Crippen molar-refractivity contribution in [1.29, 1.82) is 5.26 Å². The molecule has 0 aromatic heterocycles. The molecule has 92 valence electrons. The van der Waals surface area contributed by atoms with Crippen molar-refractivity contribution in [3.05, 3.63) is 60.2 Å². The van der Waals surface area contributed by atoms with Gasteiger partial charge in [0.25, 0.3) is 5.91 Å². The van der Waals surface area contributed by atoms with Crippen LogP contribution in [-0.2, 0) is 0 Å². The maximum absolute atomic E-state index is 11.9. The first-order valence-electron chi connectivity index (χ1n) is 5.56. The van der Waals surface area contributed by atoms with Gasteiger partial charge in [-0.05, 0) is 36.4 Å². The van der Waals surface area contributed by atoms with E-state index in [2.05, 4.69) is 15.5 Å². The lowest BCUT2D eigenvalue weighted by Gasteiger charge is -2.04. The van der Waals surface area contributed by atoms with Gasteiger partial charge in [0.05, 0.1) is 5.69 Å². The van der Waals surface area contributed by atoms with Crippen molar-refractivity contribution in [3.63, 3.8) is 0 Å². The van der Waals surface area contributed by atoms with E-state index in [-0.39, 0.29) is 5.91 Å². The number of amides is 1. The van der Waals surface area contributed by atoms with Crippen LogP contribution in [0.3, 0.4) is 0 Å². The average molecular weight is 250 g/mol. The lowest BCUT2D eigenvalue weighted by atomic mass is 10.2. The average Bonchev–Trinajstić information content (AvgIpc) is 2.46. The normalized spacial score (nSPS) is 10.1. The smallest absolute Gasteiger partial charge is 0.255 e. The Bertz CT molecular complexity index is 627. The fourth-order valence-electron chi connectivity index (χ4n) is 1.48. The van der Waals surface area contributed by atoms with E-state index in [1.54, 1.807) is 30.5 Å². The van der Waals surface area contributed by atoms with Gasteiger partial charge in [0, 0.05) is 11.3 Å². The summed E-state index contributed by atoms with van der Waals surface area (Å²) in [6.45, 7) is 0. The third kappa shape index (κ3) is 3.48. The summed E-state index contributed by atoms with van der Waals surface area (Å²) < 4.78 is 0. The molecule has 0 aliphatic heterocycles. The van der Waals surface area contributed by atoms with Crippen LogP contribution in [0.15, 0.2) is 64.8 Å². The molecule has 0 fully saturated rings. The molecule has 0 radical (unpaired) electrons. The number of nitriles is 1. The topological polar surface area (TPSA) is 77.6 Å². The van der Waals surface area contributed by atoms with E-state index < -0.39 is 0 Å². The van der Waals surface area contributed by atoms with E-state index in [0.29, 0.717) is 11.3 Å². The molecule has 0 spiro atoms. The molecule has 0 saturated carbocycles. The van der Waals surface area contributed by atoms with E-state index in [1.807, 2.05) is 30.3 Å². The second kappa shape index (κ2) is 6.07. The molecule has 0 unspecified atom stereocenters. The molecule has 0 heterocycles. The molecule has 0 aliphatic carbocycles. The van der Waals surface area contributed by atoms with Crippen molar-refractivity contribution in [2.24, 2.45) is 10.2 Å². The molecule has 0 aliphatic rings. The van der Waals surface area contributed by atoms with Gasteiger partial charge >= 0.3 is 0 Å². The van der Waals surface area contributed by atoms with E-state index >= 15 is 0 Å².